The zero-order valence-electron chi connectivity index (χ0n) is 24.0. The quantitative estimate of drug-likeness (QED) is 0.143. The second-order valence-electron chi connectivity index (χ2n) is 10.6. The number of nitrogens with one attached hydrogen (secondary N) is 2. The molecule has 0 radical (unpaired) electrons. The Kier molecular flexibility index (Phi) is 12.7. The van der Waals surface area contributed by atoms with E-state index in [1.165, 1.54) is 0 Å². The molecule has 4 atom stereocenters. The van der Waals surface area contributed by atoms with Gasteiger partial charge >= 0.3 is 0 Å². The third kappa shape index (κ3) is 9.58. The molecule has 6 N–H and O–H groups in total. The van der Waals surface area contributed by atoms with Crippen molar-refractivity contribution in [1.29, 1.82) is 0 Å². The molecular formula is C31H48N3O5+. The molecule has 2 aliphatic rings. The molecule has 3 rings (SSSR count). The highest BCUT2D eigenvalue weighted by Crippen LogP contribution is 2.32. The first kappa shape index (κ1) is 31.0. The zero-order chi connectivity index (χ0) is 28.2. The molecule has 0 aliphatic carbocycles. The molecule has 4 unspecified atom stereocenters. The van der Waals surface area contributed by atoms with Gasteiger partial charge in [0.2, 0.25) is 0 Å². The normalized spacial score (nSPS) is 19.3. The van der Waals surface area contributed by atoms with Gasteiger partial charge in [0.05, 0.1) is 18.1 Å². The lowest BCUT2D eigenvalue weighted by Crippen LogP contribution is -2.35. The summed E-state index contributed by atoms with van der Waals surface area (Å²) in [5.41, 5.74) is 2.99. The Morgan fingerprint density at radius 1 is 1.23 bits per heavy atom. The summed E-state index contributed by atoms with van der Waals surface area (Å²) in [5, 5.41) is 36.4. The van der Waals surface area contributed by atoms with Crippen LogP contribution in [-0.2, 0) is 6.42 Å². The number of likely N-dealkylation sites (N-methyl/N-ethyl adjacent to an activating group) is 1. The number of nitrogens with zero attached hydrogens (tertiary/aromatic N) is 1. The van der Waals surface area contributed by atoms with Crippen molar-refractivity contribution in [3.8, 4) is 11.5 Å². The molecule has 1 aromatic rings. The van der Waals surface area contributed by atoms with Crippen LogP contribution < -0.4 is 15.4 Å². The molecule has 8 nitrogen and oxygen atoms in total. The van der Waals surface area contributed by atoms with Gasteiger partial charge in [0, 0.05) is 26.1 Å². The fourth-order valence-electron chi connectivity index (χ4n) is 4.82. The third-order valence-electron chi connectivity index (χ3n) is 7.16. The largest absolute Gasteiger partial charge is 0.504 e. The second kappa shape index (κ2) is 15.9. The van der Waals surface area contributed by atoms with E-state index in [2.05, 4.69) is 35.5 Å². The molecule has 0 saturated carbocycles. The molecule has 0 fully saturated rings. The summed E-state index contributed by atoms with van der Waals surface area (Å²) >= 11 is 0. The summed E-state index contributed by atoms with van der Waals surface area (Å²) in [7, 11) is 0. The van der Waals surface area contributed by atoms with Crippen molar-refractivity contribution < 1.29 is 24.8 Å². The number of unbranched alkanes of at least 4 members (excludes halogenated alkanes) is 1. The number of aliphatic imine (C=N–C) groups is 1. The predicted octanol–water partition coefficient (Wildman–Crippen LogP) is 3.38. The van der Waals surface area contributed by atoms with Crippen LogP contribution in [0.15, 0.2) is 46.6 Å². The smallest absolute Gasteiger partial charge is 0.196 e. The minimum atomic E-state index is -0.369. The number of aliphatic hydroxyl groups is 4. The molecule has 0 amide bonds. The van der Waals surface area contributed by atoms with Gasteiger partial charge in [0.25, 0.3) is 0 Å². The van der Waals surface area contributed by atoms with E-state index in [1.807, 2.05) is 31.3 Å². The van der Waals surface area contributed by atoms with Crippen LogP contribution in [0, 0.1) is 17.9 Å². The first-order chi connectivity index (χ1) is 18.8. The van der Waals surface area contributed by atoms with E-state index >= 15 is 0 Å². The van der Waals surface area contributed by atoms with Gasteiger partial charge in [-0.1, -0.05) is 26.3 Å². The SMILES string of the molecule is CCCCC1[OH+][C-](CCc2ccc(O)c(OCC(NCC)C3=C[C+](C(C)CNCC(C)O)C=N3)c2)C=C1CO. The average molecular weight is 543 g/mol. The maximum atomic E-state index is 10.5. The van der Waals surface area contributed by atoms with Crippen LogP contribution in [0.1, 0.15) is 58.9 Å². The van der Waals surface area contributed by atoms with Crippen LogP contribution in [0.2, 0.25) is 0 Å². The summed E-state index contributed by atoms with van der Waals surface area (Å²) in [6.45, 7) is 10.6. The first-order valence-corrected chi connectivity index (χ1v) is 14.4. The van der Waals surface area contributed by atoms with Crippen molar-refractivity contribution >= 4 is 6.21 Å². The summed E-state index contributed by atoms with van der Waals surface area (Å²) in [4.78, 5) is 4.64. The molecule has 0 bridgehead atoms. The molecule has 0 saturated heterocycles. The maximum Gasteiger partial charge on any atom is 0.196 e. The molecule has 0 aromatic heterocycles. The number of ether oxygens (including phenoxy) is 2. The fraction of sp³-hybridized carbons (Fsp3) is 0.581. The van der Waals surface area contributed by atoms with Crippen LogP contribution in [0.25, 0.3) is 0 Å². The molecule has 2 aliphatic heterocycles. The van der Waals surface area contributed by atoms with Gasteiger partial charge in [-0.2, -0.15) is 0 Å². The number of aromatic hydroxyl groups is 1. The van der Waals surface area contributed by atoms with E-state index in [4.69, 9.17) is 9.47 Å². The van der Waals surface area contributed by atoms with Crippen LogP contribution in [-0.4, -0.2) is 77.4 Å². The van der Waals surface area contributed by atoms with E-state index in [1.54, 1.807) is 13.0 Å². The van der Waals surface area contributed by atoms with Crippen LogP contribution in [0.3, 0.4) is 0 Å². The first-order valence-electron chi connectivity index (χ1n) is 14.4. The van der Waals surface area contributed by atoms with Crippen molar-refractivity contribution in [3.05, 3.63) is 59.2 Å². The zero-order valence-corrected chi connectivity index (χ0v) is 24.0. The van der Waals surface area contributed by atoms with Crippen molar-refractivity contribution in [2.45, 2.75) is 78.0 Å². The lowest BCUT2D eigenvalue weighted by Gasteiger charge is -2.19. The van der Waals surface area contributed by atoms with E-state index in [0.717, 1.165) is 74.0 Å². The highest BCUT2D eigenvalue weighted by Gasteiger charge is 2.32. The van der Waals surface area contributed by atoms with Crippen LogP contribution >= 0.6 is 0 Å². The van der Waals surface area contributed by atoms with Crippen LogP contribution in [0.5, 0.6) is 11.5 Å². The number of allylic oxidation sites excluding steroid dienone is 1. The fourth-order valence-corrected chi connectivity index (χ4v) is 4.82. The van der Waals surface area contributed by atoms with Gasteiger partial charge in [0.15, 0.2) is 23.2 Å². The van der Waals surface area contributed by atoms with Gasteiger partial charge in [-0.15, -0.1) is 16.6 Å². The standard InChI is InChI=1S/C31H47N3O5/c1-5-7-8-30-25(19-35)14-26(39-30)11-9-23-10-12-29(37)31(13-23)38-20-28(33-6-2)27-15-24(18-34-27)21(3)16-32-17-22(4)36/h10,12-15,18,21-22,28,30,32-33,35-36,39H,5-9,11,16-17,19-20H2,1-4H3/p+1. The number of aliphatic hydroxyl groups excluding tert-OH is 2. The second-order valence-corrected chi connectivity index (χ2v) is 10.6. The lowest BCUT2D eigenvalue weighted by atomic mass is 9.95. The van der Waals surface area contributed by atoms with E-state index in [9.17, 15) is 15.3 Å². The maximum absolute atomic E-state index is 10.5. The Hall–Kier alpha value is -2.49. The molecule has 216 valence electrons. The lowest BCUT2D eigenvalue weighted by molar-refractivity contribution is -0.0550. The number of phenols is 1. The number of aryl methyl sites for hydroxylation is 1. The number of phenolic OH excluding ortho intramolecular Hbond substituents is 1. The molecule has 2 heterocycles. The molecule has 8 heteroatoms. The van der Waals surface area contributed by atoms with Crippen molar-refractivity contribution in [2.75, 3.05) is 32.8 Å². The molecule has 39 heavy (non-hydrogen) atoms. The summed E-state index contributed by atoms with van der Waals surface area (Å²) < 4.78 is 10.9. The van der Waals surface area contributed by atoms with Gasteiger partial charge in [-0.05, 0) is 57.4 Å². The van der Waals surface area contributed by atoms with Crippen molar-refractivity contribution in [2.24, 2.45) is 10.9 Å². The van der Waals surface area contributed by atoms with E-state index in [-0.39, 0.29) is 36.5 Å². The summed E-state index contributed by atoms with van der Waals surface area (Å²) in [6, 6.07) is 5.39. The minimum absolute atomic E-state index is 0.0596. The Balaban J connectivity index is 1.55. The van der Waals surface area contributed by atoms with Gasteiger partial charge in [0.1, 0.15) is 30.9 Å². The van der Waals surface area contributed by atoms with Gasteiger partial charge < -0.3 is 30.1 Å². The monoisotopic (exact) mass is 542 g/mol. The molecule has 1 aromatic carbocycles. The average Bonchev–Trinajstić information content (AvgIpc) is 3.57. The number of hydrogen-bond acceptors (Lipinski definition) is 7. The highest BCUT2D eigenvalue weighted by molar-refractivity contribution is 5.83. The third-order valence-corrected chi connectivity index (χ3v) is 7.16. The van der Waals surface area contributed by atoms with Crippen LogP contribution in [0.4, 0.5) is 0 Å². The van der Waals surface area contributed by atoms with E-state index in [0.29, 0.717) is 18.9 Å². The minimum Gasteiger partial charge on any atom is -0.504 e. The summed E-state index contributed by atoms with van der Waals surface area (Å²) in [6.07, 6.45) is 11.6. The van der Waals surface area contributed by atoms with E-state index < -0.39 is 0 Å². The van der Waals surface area contributed by atoms with Crippen molar-refractivity contribution in [1.82, 2.24) is 10.6 Å². The summed E-state index contributed by atoms with van der Waals surface area (Å²) in [5.74, 6) is 1.98. The highest BCUT2D eigenvalue weighted by atomic mass is 16.5. The Morgan fingerprint density at radius 3 is 2.77 bits per heavy atom. The van der Waals surface area contributed by atoms with Crippen molar-refractivity contribution in [3.63, 3.8) is 0 Å². The Morgan fingerprint density at radius 2 is 2.05 bits per heavy atom. The predicted molar refractivity (Wildman–Crippen MR) is 157 cm³/mol. The number of rotatable bonds is 18. The number of benzene rings is 1. The Bertz CT molecular complexity index is 977. The van der Waals surface area contributed by atoms with Gasteiger partial charge in [-0.3, -0.25) is 5.32 Å². The van der Waals surface area contributed by atoms with Gasteiger partial charge in [-0.25, -0.2) is 0 Å². The number of hydrogen-bond donors (Lipinski definition) is 5. The Labute approximate surface area is 234 Å². The topological polar surface area (TPSA) is 119 Å². The molecular weight excluding hydrogens is 494 g/mol. The molecule has 0 spiro atoms.